The van der Waals surface area contributed by atoms with Crippen molar-refractivity contribution in [1.29, 1.82) is 0 Å². The Labute approximate surface area is 130 Å². The summed E-state index contributed by atoms with van der Waals surface area (Å²) in [5.74, 6) is 2.92. The van der Waals surface area contributed by atoms with Crippen LogP contribution in [-0.4, -0.2) is 22.9 Å². The van der Waals surface area contributed by atoms with Crippen LogP contribution in [0.1, 0.15) is 32.6 Å². The number of terminal acetylenes is 1. The zero-order valence-electron chi connectivity index (χ0n) is 11.4. The summed E-state index contributed by atoms with van der Waals surface area (Å²) in [6.07, 6.45) is 17.4. The van der Waals surface area contributed by atoms with Gasteiger partial charge >= 0.3 is 0 Å². The number of halogens is 2. The molecule has 1 heterocycles. The molecule has 0 spiro atoms. The van der Waals surface area contributed by atoms with E-state index in [0.29, 0.717) is 5.92 Å². The Morgan fingerprint density at radius 3 is 3.05 bits per heavy atom. The van der Waals surface area contributed by atoms with Crippen LogP contribution in [0.25, 0.3) is 0 Å². The Morgan fingerprint density at radius 2 is 2.42 bits per heavy atom. The van der Waals surface area contributed by atoms with Gasteiger partial charge in [-0.2, -0.15) is 0 Å². The van der Waals surface area contributed by atoms with Crippen LogP contribution in [0.3, 0.4) is 0 Å². The van der Waals surface area contributed by atoms with Crippen molar-refractivity contribution in [1.82, 2.24) is 0 Å². The average Bonchev–Trinajstić information content (AvgIpc) is 2.61. The molecule has 0 aliphatic carbocycles. The van der Waals surface area contributed by atoms with E-state index < -0.39 is 0 Å². The van der Waals surface area contributed by atoms with Crippen LogP contribution in [0.5, 0.6) is 0 Å². The monoisotopic (exact) mass is 344 g/mol. The molecule has 0 N–H and O–H groups in total. The van der Waals surface area contributed by atoms with Gasteiger partial charge in [0.25, 0.3) is 0 Å². The molecular weight excluding hydrogens is 324 g/mol. The summed E-state index contributed by atoms with van der Waals surface area (Å²) in [6.45, 7) is 2.19. The molecule has 0 aromatic rings. The van der Waals surface area contributed by atoms with Crippen molar-refractivity contribution in [2.45, 2.75) is 50.2 Å². The summed E-state index contributed by atoms with van der Waals surface area (Å²) < 4.78 is 6.24. The van der Waals surface area contributed by atoms with Crippen LogP contribution in [0, 0.1) is 18.3 Å². The molecule has 0 aromatic carbocycles. The predicted octanol–water partition coefficient (Wildman–Crippen LogP) is 4.70. The largest absolute Gasteiger partial charge is 0.372 e. The molecule has 1 rings (SSSR count). The molecule has 19 heavy (non-hydrogen) atoms. The van der Waals surface area contributed by atoms with Crippen LogP contribution >= 0.6 is 27.5 Å². The highest BCUT2D eigenvalue weighted by Gasteiger charge is 2.28. The fourth-order valence-electron chi connectivity index (χ4n) is 2.26. The lowest BCUT2D eigenvalue weighted by Crippen LogP contribution is -2.32. The third-order valence-corrected chi connectivity index (χ3v) is 4.52. The first-order valence-electron chi connectivity index (χ1n) is 6.86. The first-order valence-corrected chi connectivity index (χ1v) is 8.42. The molecule has 0 fully saturated rings. The van der Waals surface area contributed by atoms with E-state index in [1.807, 2.05) is 6.08 Å². The van der Waals surface area contributed by atoms with Crippen molar-refractivity contribution < 1.29 is 4.74 Å². The van der Waals surface area contributed by atoms with E-state index in [1.165, 1.54) is 0 Å². The van der Waals surface area contributed by atoms with E-state index in [-0.39, 0.29) is 17.6 Å². The van der Waals surface area contributed by atoms with Gasteiger partial charge in [0.1, 0.15) is 0 Å². The third-order valence-electron chi connectivity index (χ3n) is 3.31. The molecule has 0 bridgehead atoms. The molecule has 4 unspecified atom stereocenters. The van der Waals surface area contributed by atoms with Gasteiger partial charge in [-0.25, -0.2) is 0 Å². The molecule has 1 nitrogen and oxygen atoms in total. The Hall–Kier alpha value is -0.230. The second kappa shape index (κ2) is 9.64. The lowest BCUT2D eigenvalue weighted by molar-refractivity contribution is -0.0284. The van der Waals surface area contributed by atoms with E-state index in [9.17, 15) is 0 Å². The Bertz CT molecular complexity index is 345. The lowest BCUT2D eigenvalue weighted by Gasteiger charge is -2.28. The molecule has 106 valence electrons. The van der Waals surface area contributed by atoms with Crippen molar-refractivity contribution in [2.24, 2.45) is 5.92 Å². The van der Waals surface area contributed by atoms with Crippen molar-refractivity contribution in [3.8, 4) is 12.3 Å². The highest BCUT2D eigenvalue weighted by atomic mass is 79.9. The predicted molar refractivity (Wildman–Crippen MR) is 86.8 cm³/mol. The number of rotatable bonds is 6. The van der Waals surface area contributed by atoms with Gasteiger partial charge < -0.3 is 4.74 Å². The normalized spacial score (nSPS) is 29.1. The van der Waals surface area contributed by atoms with Gasteiger partial charge in [-0.05, 0) is 25.3 Å². The van der Waals surface area contributed by atoms with Gasteiger partial charge in [0.2, 0.25) is 0 Å². The number of hydrogen-bond donors (Lipinski definition) is 0. The highest BCUT2D eigenvalue weighted by Crippen LogP contribution is 2.27. The summed E-state index contributed by atoms with van der Waals surface area (Å²) in [7, 11) is 0. The van der Waals surface area contributed by atoms with Crippen LogP contribution < -0.4 is 0 Å². The summed E-state index contributed by atoms with van der Waals surface area (Å²) in [4.78, 5) is 0. The first kappa shape index (κ1) is 16.8. The van der Waals surface area contributed by atoms with Crippen LogP contribution in [0.15, 0.2) is 24.3 Å². The SMILES string of the molecule is C#CC=CCC(Cl)C1CC=CC(CBr)C(CCC)O1. The van der Waals surface area contributed by atoms with Crippen molar-refractivity contribution in [3.63, 3.8) is 0 Å². The summed E-state index contributed by atoms with van der Waals surface area (Å²) in [6, 6.07) is 0. The minimum atomic E-state index is -0.0253. The average molecular weight is 346 g/mol. The Morgan fingerprint density at radius 1 is 1.63 bits per heavy atom. The maximum atomic E-state index is 6.43. The molecule has 0 aromatic heterocycles. The Kier molecular flexibility index (Phi) is 8.53. The maximum Gasteiger partial charge on any atom is 0.0779 e. The van der Waals surface area contributed by atoms with Crippen molar-refractivity contribution in [3.05, 3.63) is 24.3 Å². The zero-order valence-corrected chi connectivity index (χ0v) is 13.7. The standard InChI is InChI=1S/C16H22BrClO/c1-3-5-6-10-14(18)16-11-7-9-13(12-17)15(19-16)8-4-2/h1,5-7,9,13-16H,4,8,10-12H2,2H3. The highest BCUT2D eigenvalue weighted by molar-refractivity contribution is 9.09. The lowest BCUT2D eigenvalue weighted by atomic mass is 10.0. The second-order valence-electron chi connectivity index (χ2n) is 4.80. The summed E-state index contributed by atoms with van der Waals surface area (Å²) in [5, 5.41) is 0.910. The van der Waals surface area contributed by atoms with E-state index in [1.54, 1.807) is 6.08 Å². The molecule has 0 amide bonds. The molecule has 0 saturated heterocycles. The fourth-order valence-corrected chi connectivity index (χ4v) is 3.16. The van der Waals surface area contributed by atoms with E-state index in [4.69, 9.17) is 22.8 Å². The van der Waals surface area contributed by atoms with Gasteiger partial charge in [0, 0.05) is 11.2 Å². The molecule has 1 aliphatic rings. The van der Waals surface area contributed by atoms with E-state index in [2.05, 4.69) is 40.9 Å². The second-order valence-corrected chi connectivity index (χ2v) is 6.01. The zero-order chi connectivity index (χ0) is 14.1. The third kappa shape index (κ3) is 5.73. The van der Waals surface area contributed by atoms with Crippen LogP contribution in [-0.2, 0) is 4.74 Å². The minimum absolute atomic E-state index is 0.0253. The fraction of sp³-hybridized carbons (Fsp3) is 0.625. The maximum absolute atomic E-state index is 6.43. The van der Waals surface area contributed by atoms with Gasteiger partial charge in [-0.3, -0.25) is 0 Å². The molecule has 3 heteroatoms. The summed E-state index contributed by atoms with van der Waals surface area (Å²) in [5.41, 5.74) is 0. The van der Waals surface area contributed by atoms with Gasteiger partial charge in [0.15, 0.2) is 0 Å². The van der Waals surface area contributed by atoms with Gasteiger partial charge in [0.05, 0.1) is 17.6 Å². The van der Waals surface area contributed by atoms with E-state index >= 15 is 0 Å². The molecule has 0 radical (unpaired) electrons. The van der Waals surface area contributed by atoms with E-state index in [0.717, 1.165) is 31.0 Å². The van der Waals surface area contributed by atoms with Gasteiger partial charge in [-0.1, -0.05) is 53.4 Å². The van der Waals surface area contributed by atoms with Gasteiger partial charge in [-0.15, -0.1) is 18.0 Å². The molecule has 0 saturated carbocycles. The number of allylic oxidation sites excluding steroid dienone is 2. The first-order chi connectivity index (χ1) is 9.22. The number of alkyl halides is 2. The smallest absolute Gasteiger partial charge is 0.0779 e. The summed E-state index contributed by atoms with van der Waals surface area (Å²) >= 11 is 10.0. The Balaban J connectivity index is 2.63. The van der Waals surface area contributed by atoms with Crippen molar-refractivity contribution >= 4 is 27.5 Å². The van der Waals surface area contributed by atoms with Crippen LogP contribution in [0.4, 0.5) is 0 Å². The topological polar surface area (TPSA) is 9.23 Å². The molecular formula is C16H22BrClO. The van der Waals surface area contributed by atoms with Crippen LogP contribution in [0.2, 0.25) is 0 Å². The number of ether oxygens (including phenoxy) is 1. The van der Waals surface area contributed by atoms with Crippen molar-refractivity contribution in [2.75, 3.05) is 5.33 Å². The molecule has 4 atom stereocenters. The quantitative estimate of drug-likeness (QED) is 0.385. The number of hydrogen-bond acceptors (Lipinski definition) is 1. The minimum Gasteiger partial charge on any atom is -0.372 e. The molecule has 1 aliphatic heterocycles.